The molecule has 1 saturated heterocycles. The largest absolute Gasteiger partial charge is 0.360 e. The van der Waals surface area contributed by atoms with Gasteiger partial charge in [0.15, 0.2) is 5.82 Å². The molecule has 8 nitrogen and oxygen atoms in total. The molecule has 0 unspecified atom stereocenters. The maximum atomic E-state index is 12.0. The van der Waals surface area contributed by atoms with Gasteiger partial charge in [0.1, 0.15) is 5.76 Å². The number of hydrogen-bond acceptors (Lipinski definition) is 6. The summed E-state index contributed by atoms with van der Waals surface area (Å²) >= 11 is 0. The lowest BCUT2D eigenvalue weighted by Gasteiger charge is -2.34. The van der Waals surface area contributed by atoms with E-state index in [1.54, 1.807) is 13.0 Å². The second kappa shape index (κ2) is 8.64. The highest BCUT2D eigenvalue weighted by atomic mass is 16.5. The predicted octanol–water partition coefficient (Wildman–Crippen LogP) is 0.0653. The predicted molar refractivity (Wildman–Crippen MR) is 86.1 cm³/mol. The molecule has 2 heterocycles. The van der Waals surface area contributed by atoms with Crippen LogP contribution in [0.5, 0.6) is 0 Å². The first-order chi connectivity index (χ1) is 11.1. The van der Waals surface area contributed by atoms with Gasteiger partial charge in [-0.1, -0.05) is 5.16 Å². The Morgan fingerprint density at radius 1 is 1.30 bits per heavy atom. The minimum Gasteiger partial charge on any atom is -0.360 e. The standard InChI is InChI=1S/C15H25N5O3/c1-12-10-13(18-23-12)17-14(21)11-19-6-8-20(9-7-19)15(22)4-3-5-16-2/h10,16H,3-9,11H2,1-2H3,(H,17,18,21). The zero-order valence-corrected chi connectivity index (χ0v) is 13.8. The van der Waals surface area contributed by atoms with Crippen molar-refractivity contribution in [2.24, 2.45) is 0 Å². The van der Waals surface area contributed by atoms with Crippen LogP contribution < -0.4 is 10.6 Å². The average Bonchev–Trinajstić information content (AvgIpc) is 2.93. The molecule has 0 bridgehead atoms. The number of piperazine rings is 1. The summed E-state index contributed by atoms with van der Waals surface area (Å²) in [7, 11) is 1.88. The van der Waals surface area contributed by atoms with Crippen LogP contribution in [0.15, 0.2) is 10.6 Å². The van der Waals surface area contributed by atoms with E-state index in [1.807, 2.05) is 16.8 Å². The van der Waals surface area contributed by atoms with Crippen molar-refractivity contribution in [2.45, 2.75) is 19.8 Å². The number of carbonyl (C=O) groups is 2. The van der Waals surface area contributed by atoms with E-state index < -0.39 is 0 Å². The Labute approximate surface area is 136 Å². The molecule has 1 aromatic rings. The van der Waals surface area contributed by atoms with Crippen LogP contribution in [-0.4, -0.2) is 73.1 Å². The van der Waals surface area contributed by atoms with Crippen molar-refractivity contribution in [3.05, 3.63) is 11.8 Å². The van der Waals surface area contributed by atoms with E-state index in [4.69, 9.17) is 4.52 Å². The van der Waals surface area contributed by atoms with E-state index in [1.165, 1.54) is 0 Å². The molecule has 0 atom stereocenters. The van der Waals surface area contributed by atoms with Gasteiger partial charge < -0.3 is 20.1 Å². The highest BCUT2D eigenvalue weighted by Gasteiger charge is 2.22. The van der Waals surface area contributed by atoms with Crippen molar-refractivity contribution in [1.82, 2.24) is 20.3 Å². The Morgan fingerprint density at radius 2 is 2.04 bits per heavy atom. The molecule has 1 fully saturated rings. The number of carbonyl (C=O) groups excluding carboxylic acids is 2. The fourth-order valence-corrected chi connectivity index (χ4v) is 2.54. The zero-order chi connectivity index (χ0) is 16.7. The van der Waals surface area contributed by atoms with Crippen molar-refractivity contribution < 1.29 is 14.1 Å². The van der Waals surface area contributed by atoms with Gasteiger partial charge in [-0.25, -0.2) is 0 Å². The monoisotopic (exact) mass is 323 g/mol. The lowest BCUT2D eigenvalue weighted by Crippen LogP contribution is -2.50. The average molecular weight is 323 g/mol. The zero-order valence-electron chi connectivity index (χ0n) is 13.8. The first-order valence-electron chi connectivity index (χ1n) is 7.96. The Bertz CT molecular complexity index is 523. The maximum absolute atomic E-state index is 12.0. The van der Waals surface area contributed by atoms with Gasteiger partial charge in [-0.2, -0.15) is 0 Å². The van der Waals surface area contributed by atoms with E-state index in [0.717, 1.165) is 13.0 Å². The SMILES string of the molecule is CNCCCC(=O)N1CCN(CC(=O)Nc2cc(C)on2)CC1. The molecular formula is C15H25N5O3. The Hall–Kier alpha value is -1.93. The molecule has 2 rings (SSSR count). The topological polar surface area (TPSA) is 90.7 Å². The number of aryl methyl sites for hydroxylation is 1. The van der Waals surface area contributed by atoms with Crippen LogP contribution in [0.1, 0.15) is 18.6 Å². The van der Waals surface area contributed by atoms with E-state index >= 15 is 0 Å². The van der Waals surface area contributed by atoms with Gasteiger partial charge in [-0.3, -0.25) is 14.5 Å². The molecule has 0 aromatic carbocycles. The third-order valence-electron chi connectivity index (χ3n) is 3.81. The molecule has 0 radical (unpaired) electrons. The fraction of sp³-hybridized carbons (Fsp3) is 0.667. The summed E-state index contributed by atoms with van der Waals surface area (Å²) in [5.41, 5.74) is 0. The highest BCUT2D eigenvalue weighted by Crippen LogP contribution is 2.08. The van der Waals surface area contributed by atoms with Crippen LogP contribution in [0.2, 0.25) is 0 Å². The summed E-state index contributed by atoms with van der Waals surface area (Å²) in [6, 6.07) is 1.68. The van der Waals surface area contributed by atoms with Crippen LogP contribution in [0.25, 0.3) is 0 Å². The number of nitrogens with zero attached hydrogens (tertiary/aromatic N) is 3. The third kappa shape index (κ3) is 5.65. The summed E-state index contributed by atoms with van der Waals surface area (Å²) in [5.74, 6) is 1.17. The third-order valence-corrected chi connectivity index (χ3v) is 3.81. The molecule has 1 aliphatic heterocycles. The summed E-state index contributed by atoms with van der Waals surface area (Å²) in [6.07, 6.45) is 1.43. The van der Waals surface area contributed by atoms with E-state index in [9.17, 15) is 9.59 Å². The van der Waals surface area contributed by atoms with E-state index in [-0.39, 0.29) is 11.8 Å². The molecular weight excluding hydrogens is 298 g/mol. The first-order valence-corrected chi connectivity index (χ1v) is 7.96. The number of hydrogen-bond donors (Lipinski definition) is 2. The van der Waals surface area contributed by atoms with Gasteiger partial charge in [0, 0.05) is 38.7 Å². The Balaban J connectivity index is 1.67. The van der Waals surface area contributed by atoms with Crippen LogP contribution >= 0.6 is 0 Å². The van der Waals surface area contributed by atoms with Crippen molar-refractivity contribution in [3.8, 4) is 0 Å². The lowest BCUT2D eigenvalue weighted by molar-refractivity contribution is -0.133. The molecule has 0 saturated carbocycles. The summed E-state index contributed by atoms with van der Waals surface area (Å²) in [5, 5.41) is 9.48. The molecule has 0 spiro atoms. The number of amides is 2. The molecule has 0 aliphatic carbocycles. The van der Waals surface area contributed by atoms with Gasteiger partial charge in [-0.15, -0.1) is 0 Å². The van der Waals surface area contributed by atoms with Gasteiger partial charge in [0.05, 0.1) is 6.54 Å². The van der Waals surface area contributed by atoms with Crippen LogP contribution in [0.3, 0.4) is 0 Å². The summed E-state index contributed by atoms with van der Waals surface area (Å²) < 4.78 is 4.91. The summed E-state index contributed by atoms with van der Waals surface area (Å²) in [6.45, 7) is 5.70. The fourth-order valence-electron chi connectivity index (χ4n) is 2.54. The number of rotatable bonds is 7. The molecule has 2 N–H and O–H groups in total. The van der Waals surface area contributed by atoms with Crippen molar-refractivity contribution in [2.75, 3.05) is 51.6 Å². The molecule has 8 heteroatoms. The lowest BCUT2D eigenvalue weighted by atomic mass is 10.2. The van der Waals surface area contributed by atoms with Crippen molar-refractivity contribution >= 4 is 17.6 Å². The van der Waals surface area contributed by atoms with Crippen LogP contribution in [0.4, 0.5) is 5.82 Å². The van der Waals surface area contributed by atoms with Crippen molar-refractivity contribution in [3.63, 3.8) is 0 Å². The van der Waals surface area contributed by atoms with E-state index in [2.05, 4.69) is 15.8 Å². The molecule has 1 aromatic heterocycles. The molecule has 128 valence electrons. The molecule has 1 aliphatic rings. The number of aromatic nitrogens is 1. The van der Waals surface area contributed by atoms with Crippen LogP contribution in [0, 0.1) is 6.92 Å². The van der Waals surface area contributed by atoms with Gasteiger partial charge in [-0.05, 0) is 26.9 Å². The highest BCUT2D eigenvalue weighted by molar-refractivity contribution is 5.91. The maximum Gasteiger partial charge on any atom is 0.239 e. The molecule has 2 amide bonds. The quantitative estimate of drug-likeness (QED) is 0.690. The van der Waals surface area contributed by atoms with Crippen LogP contribution in [-0.2, 0) is 9.59 Å². The number of anilines is 1. The first kappa shape index (κ1) is 17.4. The minimum absolute atomic E-state index is 0.118. The normalized spacial score (nSPS) is 15.7. The second-order valence-corrected chi connectivity index (χ2v) is 5.74. The van der Waals surface area contributed by atoms with Gasteiger partial charge in [0.25, 0.3) is 0 Å². The molecule has 23 heavy (non-hydrogen) atoms. The second-order valence-electron chi connectivity index (χ2n) is 5.74. The summed E-state index contributed by atoms with van der Waals surface area (Å²) in [4.78, 5) is 27.9. The Morgan fingerprint density at radius 3 is 2.65 bits per heavy atom. The van der Waals surface area contributed by atoms with E-state index in [0.29, 0.717) is 50.7 Å². The smallest absolute Gasteiger partial charge is 0.239 e. The van der Waals surface area contributed by atoms with Gasteiger partial charge >= 0.3 is 0 Å². The van der Waals surface area contributed by atoms with Gasteiger partial charge in [0.2, 0.25) is 11.8 Å². The Kier molecular flexibility index (Phi) is 6.54. The van der Waals surface area contributed by atoms with Crippen molar-refractivity contribution in [1.29, 1.82) is 0 Å². The number of nitrogens with one attached hydrogen (secondary N) is 2. The minimum atomic E-state index is -0.118.